The van der Waals surface area contributed by atoms with Crippen molar-refractivity contribution in [2.24, 2.45) is 17.4 Å². The number of allylic oxidation sites excluding steroid dienone is 2. The van der Waals surface area contributed by atoms with Gasteiger partial charge in [-0.25, -0.2) is 4.79 Å². The summed E-state index contributed by atoms with van der Waals surface area (Å²) in [6.45, 7) is 0.717. The monoisotopic (exact) mass is 346 g/mol. The maximum atomic E-state index is 12.5. The number of carbonyl (C=O) groups excluding carboxylic acids is 3. The van der Waals surface area contributed by atoms with Gasteiger partial charge in [0.1, 0.15) is 0 Å². The van der Waals surface area contributed by atoms with E-state index < -0.39 is 36.0 Å². The van der Waals surface area contributed by atoms with Crippen molar-refractivity contribution in [2.75, 3.05) is 13.2 Å². The molecule has 2 aliphatic carbocycles. The lowest BCUT2D eigenvalue weighted by Crippen LogP contribution is -2.58. The minimum absolute atomic E-state index is 0.295. The molecule has 0 aromatic heterocycles. The van der Waals surface area contributed by atoms with Crippen molar-refractivity contribution >= 4 is 17.9 Å². The number of rotatable bonds is 5. The van der Waals surface area contributed by atoms with Crippen LogP contribution in [-0.2, 0) is 14.3 Å². The number of ether oxygens (including phenoxy) is 1. The van der Waals surface area contributed by atoms with Crippen molar-refractivity contribution in [3.8, 4) is 0 Å². The smallest absolute Gasteiger partial charge is 0.410 e. The Morgan fingerprint density at radius 1 is 1.08 bits per heavy atom. The first-order chi connectivity index (χ1) is 12.0. The molecule has 3 aliphatic rings. The maximum absolute atomic E-state index is 12.5. The molecular weight excluding hydrogens is 324 g/mol. The average Bonchev–Trinajstić information content (AvgIpc) is 3.39. The van der Waals surface area contributed by atoms with E-state index in [2.05, 4.69) is 0 Å². The molecule has 0 aromatic carbocycles. The van der Waals surface area contributed by atoms with E-state index in [1.807, 2.05) is 12.2 Å². The second-order valence-corrected chi connectivity index (χ2v) is 6.46. The molecule has 0 radical (unpaired) electrons. The normalized spacial score (nSPS) is 24.8. The predicted molar refractivity (Wildman–Crippen MR) is 89.8 cm³/mol. The summed E-state index contributed by atoms with van der Waals surface area (Å²) < 4.78 is 5.39. The fourth-order valence-electron chi connectivity index (χ4n) is 3.10. The standard InChI is InChI=1S/C17H22N4O4/c18-15(22)14(16(19)23)20-8-3-9-21(13-5-2-1-4-12(13)20)17(24)25-10-11-6-7-11/h1-5,8,11-14H,6-7,9-10H2,(H2,18,22)(H2,19,23). The molecular formula is C17H22N4O4. The Hall–Kier alpha value is -2.77. The first-order valence-corrected chi connectivity index (χ1v) is 8.30. The molecule has 1 saturated carbocycles. The van der Waals surface area contributed by atoms with Crippen LogP contribution in [0.15, 0.2) is 36.6 Å². The van der Waals surface area contributed by atoms with E-state index in [1.54, 1.807) is 29.3 Å². The molecule has 8 heteroatoms. The lowest BCUT2D eigenvalue weighted by molar-refractivity contribution is -0.133. The molecule has 0 saturated heterocycles. The Kier molecular flexibility index (Phi) is 4.78. The number of nitrogens with zero attached hydrogens (tertiary/aromatic N) is 2. The number of hydrogen-bond donors (Lipinski definition) is 2. The Labute approximate surface area is 145 Å². The first kappa shape index (κ1) is 17.1. The van der Waals surface area contributed by atoms with Gasteiger partial charge in [-0.15, -0.1) is 0 Å². The number of amides is 3. The molecule has 134 valence electrons. The lowest BCUT2D eigenvalue weighted by Gasteiger charge is -2.39. The molecule has 4 N–H and O–H groups in total. The minimum atomic E-state index is -1.29. The molecule has 3 rings (SSSR count). The van der Waals surface area contributed by atoms with Gasteiger partial charge in [-0.05, 0) is 31.0 Å². The summed E-state index contributed by atoms with van der Waals surface area (Å²) in [5.41, 5.74) is 10.7. The zero-order valence-electron chi connectivity index (χ0n) is 13.8. The number of fused-ring (bicyclic) bond motifs is 1. The molecule has 2 unspecified atom stereocenters. The van der Waals surface area contributed by atoms with Crippen LogP contribution < -0.4 is 11.5 Å². The van der Waals surface area contributed by atoms with Gasteiger partial charge in [0.15, 0.2) is 6.04 Å². The first-order valence-electron chi connectivity index (χ1n) is 8.30. The molecule has 25 heavy (non-hydrogen) atoms. The minimum Gasteiger partial charge on any atom is -0.449 e. The third-order valence-corrected chi connectivity index (χ3v) is 4.57. The van der Waals surface area contributed by atoms with E-state index >= 15 is 0 Å². The van der Waals surface area contributed by atoms with E-state index in [9.17, 15) is 14.4 Å². The summed E-state index contributed by atoms with van der Waals surface area (Å²) >= 11 is 0. The van der Waals surface area contributed by atoms with Crippen molar-refractivity contribution in [3.05, 3.63) is 36.6 Å². The molecule has 0 aromatic rings. The van der Waals surface area contributed by atoms with Gasteiger partial charge in [0.05, 0.1) is 18.7 Å². The summed E-state index contributed by atoms with van der Waals surface area (Å²) in [5, 5.41) is 0. The topological polar surface area (TPSA) is 119 Å². The highest BCUT2D eigenvalue weighted by atomic mass is 16.6. The van der Waals surface area contributed by atoms with Crippen LogP contribution in [0.4, 0.5) is 4.79 Å². The Morgan fingerprint density at radius 2 is 1.72 bits per heavy atom. The molecule has 8 nitrogen and oxygen atoms in total. The van der Waals surface area contributed by atoms with E-state index in [-0.39, 0.29) is 0 Å². The van der Waals surface area contributed by atoms with Crippen LogP contribution in [0.3, 0.4) is 0 Å². The van der Waals surface area contributed by atoms with E-state index in [0.29, 0.717) is 19.1 Å². The van der Waals surface area contributed by atoms with Crippen molar-refractivity contribution < 1.29 is 19.1 Å². The summed E-state index contributed by atoms with van der Waals surface area (Å²) in [7, 11) is 0. The molecule has 1 aliphatic heterocycles. The molecule has 0 bridgehead atoms. The van der Waals surface area contributed by atoms with E-state index in [1.165, 1.54) is 4.90 Å². The van der Waals surface area contributed by atoms with Crippen LogP contribution in [0.25, 0.3) is 0 Å². The predicted octanol–water partition coefficient (Wildman–Crippen LogP) is -0.133. The van der Waals surface area contributed by atoms with E-state index in [4.69, 9.17) is 16.2 Å². The second-order valence-electron chi connectivity index (χ2n) is 6.46. The highest BCUT2D eigenvalue weighted by Crippen LogP contribution is 2.30. The quantitative estimate of drug-likeness (QED) is 0.672. The summed E-state index contributed by atoms with van der Waals surface area (Å²) in [6, 6.07) is -2.13. The lowest BCUT2D eigenvalue weighted by atomic mass is 9.98. The summed E-state index contributed by atoms with van der Waals surface area (Å²) in [6.07, 6.45) is 12.3. The zero-order valence-corrected chi connectivity index (χ0v) is 13.8. The van der Waals surface area contributed by atoms with Crippen LogP contribution in [0, 0.1) is 5.92 Å². The van der Waals surface area contributed by atoms with Crippen LogP contribution in [0.1, 0.15) is 12.8 Å². The third kappa shape index (κ3) is 3.67. The molecule has 1 fully saturated rings. The highest BCUT2D eigenvalue weighted by Gasteiger charge is 2.40. The van der Waals surface area contributed by atoms with Gasteiger partial charge < -0.3 is 21.1 Å². The number of primary amides is 2. The van der Waals surface area contributed by atoms with Gasteiger partial charge in [0.25, 0.3) is 0 Å². The summed E-state index contributed by atoms with van der Waals surface area (Å²) in [4.78, 5) is 39.0. The van der Waals surface area contributed by atoms with Gasteiger partial charge in [0.2, 0.25) is 11.8 Å². The molecule has 1 heterocycles. The molecule has 2 atom stereocenters. The van der Waals surface area contributed by atoms with Crippen LogP contribution in [-0.4, -0.2) is 59.0 Å². The fraction of sp³-hybridized carbons (Fsp3) is 0.471. The second kappa shape index (κ2) is 7.00. The zero-order chi connectivity index (χ0) is 18.0. The van der Waals surface area contributed by atoms with E-state index in [0.717, 1.165) is 12.8 Å². The molecule has 0 spiro atoms. The number of hydrogen-bond acceptors (Lipinski definition) is 5. The average molecular weight is 346 g/mol. The van der Waals surface area contributed by atoms with Crippen LogP contribution in [0.5, 0.6) is 0 Å². The van der Waals surface area contributed by atoms with Crippen LogP contribution in [0.2, 0.25) is 0 Å². The Balaban J connectivity index is 1.82. The van der Waals surface area contributed by atoms with Gasteiger partial charge in [0, 0.05) is 6.54 Å². The Bertz CT molecular complexity index is 639. The molecule has 3 amide bonds. The van der Waals surface area contributed by atoms with Crippen molar-refractivity contribution in [1.82, 2.24) is 9.80 Å². The van der Waals surface area contributed by atoms with Gasteiger partial charge in [-0.2, -0.15) is 0 Å². The van der Waals surface area contributed by atoms with Crippen molar-refractivity contribution in [2.45, 2.75) is 31.0 Å². The largest absolute Gasteiger partial charge is 0.449 e. The highest BCUT2D eigenvalue weighted by molar-refractivity contribution is 6.03. The van der Waals surface area contributed by atoms with Crippen molar-refractivity contribution in [3.63, 3.8) is 0 Å². The SMILES string of the molecule is NC(=O)C(C(N)=O)N1C=CCN(C(=O)OCC2CC2)C2C=CC=CC21. The van der Waals surface area contributed by atoms with Crippen LogP contribution >= 0.6 is 0 Å². The number of nitrogens with two attached hydrogens (primary N) is 2. The summed E-state index contributed by atoms with van der Waals surface area (Å²) in [5.74, 6) is -1.19. The fourth-order valence-corrected chi connectivity index (χ4v) is 3.10. The van der Waals surface area contributed by atoms with Gasteiger partial charge >= 0.3 is 6.09 Å². The van der Waals surface area contributed by atoms with Gasteiger partial charge in [-0.3, -0.25) is 14.5 Å². The maximum Gasteiger partial charge on any atom is 0.410 e. The third-order valence-electron chi connectivity index (χ3n) is 4.57. The van der Waals surface area contributed by atoms with Gasteiger partial charge in [-0.1, -0.05) is 24.3 Å². The Morgan fingerprint density at radius 3 is 2.32 bits per heavy atom. The number of carbonyl (C=O) groups is 3. The van der Waals surface area contributed by atoms with Crippen molar-refractivity contribution in [1.29, 1.82) is 0 Å².